The molecule has 0 atom stereocenters. The van der Waals surface area contributed by atoms with Gasteiger partial charge in [-0.1, -0.05) is 18.2 Å². The van der Waals surface area contributed by atoms with Crippen molar-refractivity contribution in [2.75, 3.05) is 18.5 Å². The van der Waals surface area contributed by atoms with Crippen LogP contribution in [0.5, 0.6) is 11.5 Å². The highest BCUT2D eigenvalue weighted by Gasteiger charge is 2.15. The van der Waals surface area contributed by atoms with E-state index in [-0.39, 0.29) is 5.91 Å². The van der Waals surface area contributed by atoms with E-state index in [4.69, 9.17) is 9.47 Å². The molecule has 0 bridgehead atoms. The Morgan fingerprint density at radius 1 is 1.08 bits per heavy atom. The predicted molar refractivity (Wildman–Crippen MR) is 97.8 cm³/mol. The van der Waals surface area contributed by atoms with Crippen molar-refractivity contribution in [3.8, 4) is 11.5 Å². The Labute approximate surface area is 151 Å². The number of carbonyl (C=O) groups is 1. The number of benzene rings is 2. The van der Waals surface area contributed by atoms with Gasteiger partial charge < -0.3 is 14.8 Å². The lowest BCUT2D eigenvalue weighted by molar-refractivity contribution is 0.102. The molecule has 0 saturated heterocycles. The molecule has 1 aromatic heterocycles. The molecule has 6 heteroatoms. The van der Waals surface area contributed by atoms with E-state index >= 15 is 0 Å². The van der Waals surface area contributed by atoms with Crippen LogP contribution < -0.4 is 14.8 Å². The minimum Gasteiger partial charge on any atom is -0.490 e. The van der Waals surface area contributed by atoms with Crippen LogP contribution >= 0.6 is 0 Å². The summed E-state index contributed by atoms with van der Waals surface area (Å²) < 4.78 is 13.1. The van der Waals surface area contributed by atoms with E-state index in [0.717, 1.165) is 17.7 Å². The highest BCUT2D eigenvalue weighted by atomic mass is 16.5. The molecular formula is C20H19N3O3. The second-order valence-electron chi connectivity index (χ2n) is 6.03. The molecule has 26 heavy (non-hydrogen) atoms. The summed E-state index contributed by atoms with van der Waals surface area (Å²) in [6.07, 6.45) is 4.46. The van der Waals surface area contributed by atoms with Gasteiger partial charge in [0.15, 0.2) is 11.5 Å². The van der Waals surface area contributed by atoms with Crippen LogP contribution in [0.15, 0.2) is 60.9 Å². The van der Waals surface area contributed by atoms with Gasteiger partial charge >= 0.3 is 0 Å². The predicted octanol–water partition coefficient (Wildman–Crippen LogP) is 3.35. The maximum absolute atomic E-state index is 12.7. The van der Waals surface area contributed by atoms with Crippen LogP contribution in [0.1, 0.15) is 22.3 Å². The number of hydrogen-bond acceptors (Lipinski definition) is 4. The Hall–Kier alpha value is -3.28. The average Bonchev–Trinajstić information content (AvgIpc) is 3.05. The van der Waals surface area contributed by atoms with E-state index in [0.29, 0.717) is 36.8 Å². The molecule has 0 radical (unpaired) electrons. The number of nitrogens with zero attached hydrogens (tertiary/aromatic N) is 2. The molecule has 2 aromatic carbocycles. The SMILES string of the molecule is O=C(Nc1ccccc1Cn1cccn1)c1ccc2c(c1)OCCCO2. The molecule has 132 valence electrons. The smallest absolute Gasteiger partial charge is 0.255 e. The van der Waals surface area contributed by atoms with Crippen molar-refractivity contribution in [3.05, 3.63) is 72.1 Å². The molecular weight excluding hydrogens is 330 g/mol. The van der Waals surface area contributed by atoms with Gasteiger partial charge in [0.1, 0.15) is 0 Å². The van der Waals surface area contributed by atoms with Gasteiger partial charge in [-0.3, -0.25) is 9.48 Å². The summed E-state index contributed by atoms with van der Waals surface area (Å²) in [6, 6.07) is 14.8. The molecule has 0 unspecified atom stereocenters. The largest absolute Gasteiger partial charge is 0.490 e. The van der Waals surface area contributed by atoms with Gasteiger partial charge in [0.05, 0.1) is 19.8 Å². The third kappa shape index (κ3) is 3.54. The lowest BCUT2D eigenvalue weighted by atomic mass is 10.1. The number of aromatic nitrogens is 2. The quantitative estimate of drug-likeness (QED) is 0.784. The Morgan fingerprint density at radius 2 is 1.92 bits per heavy atom. The lowest BCUT2D eigenvalue weighted by Gasteiger charge is -2.13. The molecule has 6 nitrogen and oxygen atoms in total. The van der Waals surface area contributed by atoms with Crippen LogP contribution in [0.25, 0.3) is 0 Å². The van der Waals surface area contributed by atoms with E-state index in [2.05, 4.69) is 10.4 Å². The third-order valence-corrected chi connectivity index (χ3v) is 4.17. The summed E-state index contributed by atoms with van der Waals surface area (Å²) in [5.74, 6) is 1.10. The first kappa shape index (κ1) is 16.2. The minimum absolute atomic E-state index is 0.187. The van der Waals surface area contributed by atoms with Crippen molar-refractivity contribution in [2.24, 2.45) is 0 Å². The molecule has 0 saturated carbocycles. The van der Waals surface area contributed by atoms with Crippen LogP contribution in [-0.2, 0) is 6.54 Å². The maximum atomic E-state index is 12.7. The fraction of sp³-hybridized carbons (Fsp3) is 0.200. The van der Waals surface area contributed by atoms with Gasteiger partial charge in [-0.2, -0.15) is 5.10 Å². The van der Waals surface area contributed by atoms with Gasteiger partial charge in [-0.15, -0.1) is 0 Å². The second kappa shape index (κ2) is 7.31. The summed E-state index contributed by atoms with van der Waals surface area (Å²) in [5.41, 5.74) is 2.28. The van der Waals surface area contributed by atoms with E-state index in [1.54, 1.807) is 24.4 Å². The normalized spacial score (nSPS) is 13.1. The van der Waals surface area contributed by atoms with Crippen LogP contribution in [0.2, 0.25) is 0 Å². The Morgan fingerprint density at radius 3 is 2.77 bits per heavy atom. The molecule has 2 heterocycles. The lowest BCUT2D eigenvalue weighted by Crippen LogP contribution is -2.14. The van der Waals surface area contributed by atoms with Crippen molar-refractivity contribution < 1.29 is 14.3 Å². The number of nitrogens with one attached hydrogen (secondary N) is 1. The number of ether oxygens (including phenoxy) is 2. The third-order valence-electron chi connectivity index (χ3n) is 4.17. The summed E-state index contributed by atoms with van der Waals surface area (Å²) in [5, 5.41) is 7.21. The first-order valence-corrected chi connectivity index (χ1v) is 8.56. The number of carbonyl (C=O) groups excluding carboxylic acids is 1. The number of fused-ring (bicyclic) bond motifs is 1. The van der Waals surface area contributed by atoms with Crippen LogP contribution in [0.4, 0.5) is 5.69 Å². The minimum atomic E-state index is -0.187. The van der Waals surface area contributed by atoms with Crippen LogP contribution in [0, 0.1) is 0 Å². The van der Waals surface area contributed by atoms with Crippen molar-refractivity contribution in [3.63, 3.8) is 0 Å². The molecule has 0 spiro atoms. The number of anilines is 1. The van der Waals surface area contributed by atoms with Gasteiger partial charge in [-0.25, -0.2) is 0 Å². The monoisotopic (exact) mass is 349 g/mol. The highest BCUT2D eigenvalue weighted by molar-refractivity contribution is 6.05. The summed E-state index contributed by atoms with van der Waals surface area (Å²) in [7, 11) is 0. The zero-order valence-corrected chi connectivity index (χ0v) is 14.2. The van der Waals surface area contributed by atoms with E-state index in [1.807, 2.05) is 41.2 Å². The topological polar surface area (TPSA) is 65.4 Å². The highest BCUT2D eigenvalue weighted by Crippen LogP contribution is 2.30. The molecule has 1 aliphatic heterocycles. The standard InChI is InChI=1S/C20H19N3O3/c24-20(15-7-8-18-19(13-15)26-12-4-11-25-18)22-17-6-2-1-5-16(17)14-23-10-3-9-21-23/h1-3,5-10,13H,4,11-12,14H2,(H,22,24). The zero-order valence-electron chi connectivity index (χ0n) is 14.2. The molecule has 1 aliphatic rings. The Balaban J connectivity index is 1.54. The van der Waals surface area contributed by atoms with Gasteiger partial charge in [0.25, 0.3) is 5.91 Å². The van der Waals surface area contributed by atoms with Gasteiger partial charge in [0, 0.05) is 30.1 Å². The van der Waals surface area contributed by atoms with Gasteiger partial charge in [-0.05, 0) is 35.9 Å². The summed E-state index contributed by atoms with van der Waals surface area (Å²) in [4.78, 5) is 12.7. The fourth-order valence-corrected chi connectivity index (χ4v) is 2.85. The molecule has 0 aliphatic carbocycles. The van der Waals surface area contributed by atoms with E-state index in [1.165, 1.54) is 0 Å². The van der Waals surface area contributed by atoms with Crippen LogP contribution in [-0.4, -0.2) is 28.9 Å². The Kier molecular flexibility index (Phi) is 4.55. The second-order valence-corrected chi connectivity index (χ2v) is 6.03. The molecule has 1 amide bonds. The maximum Gasteiger partial charge on any atom is 0.255 e. The molecule has 0 fully saturated rings. The molecule has 1 N–H and O–H groups in total. The summed E-state index contributed by atoms with van der Waals surface area (Å²) >= 11 is 0. The van der Waals surface area contributed by atoms with Crippen molar-refractivity contribution in [1.29, 1.82) is 0 Å². The number of amides is 1. The number of rotatable bonds is 4. The van der Waals surface area contributed by atoms with E-state index < -0.39 is 0 Å². The van der Waals surface area contributed by atoms with Crippen molar-refractivity contribution >= 4 is 11.6 Å². The van der Waals surface area contributed by atoms with E-state index in [9.17, 15) is 4.79 Å². The van der Waals surface area contributed by atoms with Gasteiger partial charge in [0.2, 0.25) is 0 Å². The number of hydrogen-bond donors (Lipinski definition) is 1. The Bertz CT molecular complexity index is 906. The molecule has 3 aromatic rings. The first-order valence-electron chi connectivity index (χ1n) is 8.56. The van der Waals surface area contributed by atoms with Crippen molar-refractivity contribution in [2.45, 2.75) is 13.0 Å². The first-order chi connectivity index (χ1) is 12.8. The van der Waals surface area contributed by atoms with Crippen molar-refractivity contribution in [1.82, 2.24) is 9.78 Å². The fourth-order valence-electron chi connectivity index (χ4n) is 2.85. The number of para-hydroxylation sites is 1. The van der Waals surface area contributed by atoms with Crippen LogP contribution in [0.3, 0.4) is 0 Å². The summed E-state index contributed by atoms with van der Waals surface area (Å²) in [6.45, 7) is 1.80. The average molecular weight is 349 g/mol. The zero-order chi connectivity index (χ0) is 17.8. The molecule has 4 rings (SSSR count).